The molecule has 1 heterocycles. The van der Waals surface area contributed by atoms with Crippen molar-refractivity contribution in [3.63, 3.8) is 0 Å². The number of rotatable bonds is 11. The Bertz CT molecular complexity index is 544. The van der Waals surface area contributed by atoms with Crippen LogP contribution in [0.1, 0.15) is 76.7 Å². The maximum Gasteiger partial charge on any atom is 0.410 e. The Morgan fingerprint density at radius 2 is 1.85 bits per heavy atom. The second-order valence-electron chi connectivity index (χ2n) is 7.27. The minimum atomic E-state index is -0.247. The van der Waals surface area contributed by atoms with Crippen molar-refractivity contribution in [2.24, 2.45) is 0 Å². The maximum absolute atomic E-state index is 12.4. The molecule has 1 unspecified atom stereocenters. The van der Waals surface area contributed by atoms with Crippen molar-refractivity contribution in [3.05, 3.63) is 35.9 Å². The molecule has 1 aliphatic heterocycles. The molecule has 4 heteroatoms. The van der Waals surface area contributed by atoms with E-state index in [-0.39, 0.29) is 12.1 Å². The second kappa shape index (κ2) is 11.7. The first kappa shape index (κ1) is 20.5. The minimum absolute atomic E-state index is 0.155. The lowest BCUT2D eigenvalue weighted by Gasteiger charge is -2.24. The zero-order valence-corrected chi connectivity index (χ0v) is 16.1. The number of hydrogen-bond acceptors (Lipinski definition) is 3. The van der Waals surface area contributed by atoms with Crippen molar-refractivity contribution in [1.82, 2.24) is 4.90 Å². The fraction of sp³-hybridized carbons (Fsp3) is 0.636. The second-order valence-corrected chi connectivity index (χ2v) is 7.27. The van der Waals surface area contributed by atoms with E-state index in [9.17, 15) is 9.59 Å². The van der Waals surface area contributed by atoms with Crippen molar-refractivity contribution < 1.29 is 14.3 Å². The molecular weight excluding hydrogens is 326 g/mol. The standard InChI is InChI=1S/C22H33NO3/c1-2-3-4-5-9-14-21(24)16-15-20-13-10-17-23(20)22(25)26-18-19-11-7-6-8-12-19/h6-8,11-12,20H,2-5,9-10,13-18H2,1H3. The molecule has 2 rings (SSSR count). The molecule has 0 bridgehead atoms. The predicted octanol–water partition coefficient (Wildman–Crippen LogP) is 5.50. The van der Waals surface area contributed by atoms with Crippen molar-refractivity contribution in [2.45, 2.75) is 83.8 Å². The number of benzene rings is 1. The molecule has 0 aliphatic carbocycles. The van der Waals surface area contributed by atoms with Gasteiger partial charge in [0, 0.05) is 25.4 Å². The topological polar surface area (TPSA) is 46.6 Å². The number of ether oxygens (including phenoxy) is 1. The summed E-state index contributed by atoms with van der Waals surface area (Å²) in [5.41, 5.74) is 0.995. The summed E-state index contributed by atoms with van der Waals surface area (Å²) in [5.74, 6) is 0.339. The van der Waals surface area contributed by atoms with Gasteiger partial charge in [-0.2, -0.15) is 0 Å². The molecule has 0 N–H and O–H groups in total. The molecule has 0 radical (unpaired) electrons. The molecule has 1 aliphatic rings. The summed E-state index contributed by atoms with van der Waals surface area (Å²) in [6, 6.07) is 9.89. The molecular formula is C22H33NO3. The van der Waals surface area contributed by atoms with Crippen LogP contribution in [0.2, 0.25) is 0 Å². The van der Waals surface area contributed by atoms with E-state index >= 15 is 0 Å². The normalized spacial score (nSPS) is 16.7. The van der Waals surface area contributed by atoms with Gasteiger partial charge in [-0.05, 0) is 31.2 Å². The Hall–Kier alpha value is -1.84. The molecule has 0 spiro atoms. The van der Waals surface area contributed by atoms with E-state index in [0.717, 1.165) is 44.2 Å². The van der Waals surface area contributed by atoms with Gasteiger partial charge in [0.05, 0.1) is 0 Å². The number of nitrogens with zero attached hydrogens (tertiary/aromatic N) is 1. The van der Waals surface area contributed by atoms with E-state index in [1.54, 1.807) is 0 Å². The van der Waals surface area contributed by atoms with Crippen molar-refractivity contribution in [3.8, 4) is 0 Å². The summed E-state index contributed by atoms with van der Waals surface area (Å²) in [7, 11) is 0. The van der Waals surface area contributed by atoms with Crippen molar-refractivity contribution in [2.75, 3.05) is 6.54 Å². The van der Waals surface area contributed by atoms with Crippen LogP contribution >= 0.6 is 0 Å². The highest BCUT2D eigenvalue weighted by Crippen LogP contribution is 2.23. The lowest BCUT2D eigenvalue weighted by atomic mass is 10.0. The van der Waals surface area contributed by atoms with Crippen LogP contribution in [0.25, 0.3) is 0 Å². The number of ketones is 1. The first-order chi connectivity index (χ1) is 12.7. The number of unbranched alkanes of at least 4 members (excludes halogenated alkanes) is 4. The third kappa shape index (κ3) is 7.19. The Labute approximate surface area is 157 Å². The minimum Gasteiger partial charge on any atom is -0.445 e. The van der Waals surface area contributed by atoms with Gasteiger partial charge in [-0.25, -0.2) is 4.79 Å². The van der Waals surface area contributed by atoms with Crippen LogP contribution in [0.4, 0.5) is 4.79 Å². The van der Waals surface area contributed by atoms with Gasteiger partial charge in [0.2, 0.25) is 0 Å². The third-order valence-corrected chi connectivity index (χ3v) is 5.13. The molecule has 4 nitrogen and oxygen atoms in total. The van der Waals surface area contributed by atoms with Crippen LogP contribution in [0.3, 0.4) is 0 Å². The van der Waals surface area contributed by atoms with Crippen LogP contribution in [0.15, 0.2) is 30.3 Å². The number of Topliss-reactive ketones (excluding diaryl/α,β-unsaturated/α-hetero) is 1. The quantitative estimate of drug-likeness (QED) is 0.490. The van der Waals surface area contributed by atoms with E-state index in [2.05, 4.69) is 6.92 Å². The Morgan fingerprint density at radius 3 is 2.62 bits per heavy atom. The summed E-state index contributed by atoms with van der Waals surface area (Å²) in [6.07, 6.45) is 9.65. The molecule has 0 saturated carbocycles. The van der Waals surface area contributed by atoms with Gasteiger partial charge in [0.15, 0.2) is 0 Å². The lowest BCUT2D eigenvalue weighted by molar-refractivity contribution is -0.119. The highest BCUT2D eigenvalue weighted by atomic mass is 16.6. The fourth-order valence-corrected chi connectivity index (χ4v) is 3.56. The molecule has 1 fully saturated rings. The summed E-state index contributed by atoms with van der Waals surface area (Å²) < 4.78 is 5.45. The Morgan fingerprint density at radius 1 is 1.08 bits per heavy atom. The zero-order valence-electron chi connectivity index (χ0n) is 16.1. The largest absolute Gasteiger partial charge is 0.445 e. The van der Waals surface area contributed by atoms with Gasteiger partial charge < -0.3 is 9.64 Å². The number of amides is 1. The van der Waals surface area contributed by atoms with Gasteiger partial charge in [-0.1, -0.05) is 62.9 Å². The zero-order chi connectivity index (χ0) is 18.6. The van der Waals surface area contributed by atoms with Crippen LogP contribution in [0.5, 0.6) is 0 Å². The van der Waals surface area contributed by atoms with E-state index in [4.69, 9.17) is 4.74 Å². The summed E-state index contributed by atoms with van der Waals surface area (Å²) in [4.78, 5) is 26.3. The van der Waals surface area contributed by atoms with Gasteiger partial charge >= 0.3 is 6.09 Å². The summed E-state index contributed by atoms with van der Waals surface area (Å²) in [6.45, 7) is 3.24. The van der Waals surface area contributed by atoms with Crippen LogP contribution in [-0.4, -0.2) is 29.4 Å². The van der Waals surface area contributed by atoms with Crippen molar-refractivity contribution >= 4 is 11.9 Å². The maximum atomic E-state index is 12.4. The SMILES string of the molecule is CCCCCCCC(=O)CCC1CCCN1C(=O)OCc1ccccc1. The van der Waals surface area contributed by atoms with Crippen LogP contribution in [-0.2, 0) is 16.1 Å². The highest BCUT2D eigenvalue weighted by molar-refractivity contribution is 5.78. The van der Waals surface area contributed by atoms with E-state index in [1.165, 1.54) is 19.3 Å². The summed E-state index contributed by atoms with van der Waals surface area (Å²) in [5, 5.41) is 0. The van der Waals surface area contributed by atoms with Gasteiger partial charge in [-0.3, -0.25) is 4.79 Å². The average molecular weight is 360 g/mol. The Balaban J connectivity index is 1.66. The van der Waals surface area contributed by atoms with Crippen LogP contribution in [0, 0.1) is 0 Å². The van der Waals surface area contributed by atoms with E-state index in [1.807, 2.05) is 35.2 Å². The lowest BCUT2D eigenvalue weighted by Crippen LogP contribution is -2.36. The average Bonchev–Trinajstić information content (AvgIpc) is 3.14. The first-order valence-corrected chi connectivity index (χ1v) is 10.2. The smallest absolute Gasteiger partial charge is 0.410 e. The van der Waals surface area contributed by atoms with Gasteiger partial charge in [-0.15, -0.1) is 0 Å². The molecule has 1 aromatic carbocycles. The van der Waals surface area contributed by atoms with Crippen molar-refractivity contribution in [1.29, 1.82) is 0 Å². The highest BCUT2D eigenvalue weighted by Gasteiger charge is 2.29. The number of likely N-dealkylation sites (tertiary alicyclic amines) is 1. The summed E-state index contributed by atoms with van der Waals surface area (Å²) >= 11 is 0. The molecule has 1 saturated heterocycles. The van der Waals surface area contributed by atoms with Gasteiger partial charge in [0.25, 0.3) is 0 Å². The van der Waals surface area contributed by atoms with Crippen LogP contribution < -0.4 is 0 Å². The fourth-order valence-electron chi connectivity index (χ4n) is 3.56. The van der Waals surface area contributed by atoms with E-state index in [0.29, 0.717) is 25.2 Å². The molecule has 1 amide bonds. The molecule has 144 valence electrons. The number of carbonyl (C=O) groups is 2. The molecule has 0 aromatic heterocycles. The Kier molecular flexibility index (Phi) is 9.22. The number of carbonyl (C=O) groups excluding carboxylic acids is 2. The molecule has 1 aromatic rings. The predicted molar refractivity (Wildman–Crippen MR) is 104 cm³/mol. The van der Waals surface area contributed by atoms with Gasteiger partial charge in [0.1, 0.15) is 12.4 Å². The molecule has 1 atom stereocenters. The first-order valence-electron chi connectivity index (χ1n) is 10.2. The number of hydrogen-bond donors (Lipinski definition) is 0. The monoisotopic (exact) mass is 359 g/mol. The van der Waals surface area contributed by atoms with E-state index < -0.39 is 0 Å². The third-order valence-electron chi connectivity index (χ3n) is 5.13. The molecule has 26 heavy (non-hydrogen) atoms.